The van der Waals surface area contributed by atoms with Gasteiger partial charge in [0.15, 0.2) is 0 Å². The Morgan fingerprint density at radius 3 is 2.12 bits per heavy atom. The van der Waals surface area contributed by atoms with Gasteiger partial charge in [-0.2, -0.15) is 0 Å². The molecule has 0 aromatic heterocycles. The largest absolute Gasteiger partial charge is 0.354 e. The molecule has 3 rings (SSSR count). The van der Waals surface area contributed by atoms with Crippen molar-refractivity contribution in [2.45, 2.75) is 65.0 Å². The van der Waals surface area contributed by atoms with E-state index in [0.29, 0.717) is 12.2 Å². The molecule has 0 fully saturated rings. The quantitative estimate of drug-likeness (QED) is 0.267. The molecule has 0 saturated carbocycles. The minimum Gasteiger partial charge on any atom is -0.354 e. The fourth-order valence-corrected chi connectivity index (χ4v) is 5.46. The molecule has 2 amide bonds. The van der Waals surface area contributed by atoms with Crippen molar-refractivity contribution in [3.05, 3.63) is 101 Å². The first-order chi connectivity index (χ1) is 19.8. The van der Waals surface area contributed by atoms with Gasteiger partial charge in [-0.15, -0.1) is 0 Å². The van der Waals surface area contributed by atoms with Crippen molar-refractivity contribution in [3.8, 4) is 0 Å². The summed E-state index contributed by atoms with van der Waals surface area (Å²) < 4.78 is 41.8. The fourth-order valence-electron chi connectivity index (χ4n) is 4.61. The van der Waals surface area contributed by atoms with Crippen LogP contribution in [0.3, 0.4) is 0 Å². The number of rotatable bonds is 13. The molecule has 9 heteroatoms. The number of hydrogen-bond donors (Lipinski definition) is 1. The lowest BCUT2D eigenvalue weighted by Gasteiger charge is -2.33. The Morgan fingerprint density at radius 2 is 1.55 bits per heavy atom. The molecule has 0 spiro atoms. The van der Waals surface area contributed by atoms with Crippen molar-refractivity contribution >= 4 is 27.5 Å². The van der Waals surface area contributed by atoms with Crippen LogP contribution < -0.4 is 9.62 Å². The van der Waals surface area contributed by atoms with Crippen molar-refractivity contribution < 1.29 is 22.4 Å². The molecule has 0 saturated heterocycles. The Labute approximate surface area is 249 Å². The summed E-state index contributed by atoms with van der Waals surface area (Å²) in [5.74, 6) is -1.51. The van der Waals surface area contributed by atoms with Gasteiger partial charge in [-0.05, 0) is 41.2 Å². The van der Waals surface area contributed by atoms with Gasteiger partial charge in [-0.1, -0.05) is 94.8 Å². The lowest BCUT2D eigenvalue weighted by Crippen LogP contribution is -2.53. The minimum absolute atomic E-state index is 0.142. The van der Waals surface area contributed by atoms with Crippen LogP contribution in [0.1, 0.15) is 57.2 Å². The number of halogens is 1. The third-order valence-electron chi connectivity index (χ3n) is 7.10. The Morgan fingerprint density at radius 1 is 0.929 bits per heavy atom. The van der Waals surface area contributed by atoms with Gasteiger partial charge in [-0.3, -0.25) is 13.9 Å². The van der Waals surface area contributed by atoms with E-state index >= 15 is 0 Å². The highest BCUT2D eigenvalue weighted by Gasteiger charge is 2.33. The van der Waals surface area contributed by atoms with E-state index in [-0.39, 0.29) is 29.9 Å². The summed E-state index contributed by atoms with van der Waals surface area (Å²) in [6.45, 7) is 7.85. The lowest BCUT2D eigenvalue weighted by molar-refractivity contribution is -0.140. The number of anilines is 1. The first-order valence-corrected chi connectivity index (χ1v) is 16.1. The SMILES string of the molecule is CCCCNC(=O)[C@@H](Cc1ccccc1)N(Cc1ccccc1F)C(=O)CN(c1ccc(C(C)(C)C)cc1)S(C)(=O)=O. The predicted molar refractivity (Wildman–Crippen MR) is 166 cm³/mol. The minimum atomic E-state index is -3.89. The molecule has 0 bridgehead atoms. The normalized spacial score (nSPS) is 12.4. The van der Waals surface area contributed by atoms with Crippen LogP contribution in [0.4, 0.5) is 10.1 Å². The first-order valence-electron chi connectivity index (χ1n) is 14.2. The maximum absolute atomic E-state index is 14.9. The summed E-state index contributed by atoms with van der Waals surface area (Å²) in [5.41, 5.74) is 2.25. The molecule has 226 valence electrons. The predicted octanol–water partition coefficient (Wildman–Crippen LogP) is 5.45. The number of hydrogen-bond acceptors (Lipinski definition) is 4. The Bertz CT molecular complexity index is 1440. The van der Waals surface area contributed by atoms with E-state index in [2.05, 4.69) is 26.1 Å². The molecule has 0 aliphatic rings. The third-order valence-corrected chi connectivity index (χ3v) is 8.24. The van der Waals surface area contributed by atoms with Gasteiger partial charge < -0.3 is 10.2 Å². The highest BCUT2D eigenvalue weighted by molar-refractivity contribution is 7.92. The summed E-state index contributed by atoms with van der Waals surface area (Å²) >= 11 is 0. The van der Waals surface area contributed by atoms with Crippen LogP contribution in [0.15, 0.2) is 78.9 Å². The van der Waals surface area contributed by atoms with E-state index in [1.807, 2.05) is 49.4 Å². The third kappa shape index (κ3) is 9.14. The number of nitrogens with one attached hydrogen (secondary N) is 1. The van der Waals surface area contributed by atoms with Gasteiger partial charge in [0.25, 0.3) is 0 Å². The molecule has 0 aliphatic carbocycles. The molecule has 0 aliphatic heterocycles. The average Bonchev–Trinajstić information content (AvgIpc) is 2.94. The van der Waals surface area contributed by atoms with Crippen molar-refractivity contribution in [1.29, 1.82) is 0 Å². The van der Waals surface area contributed by atoms with Gasteiger partial charge in [0.05, 0.1) is 11.9 Å². The van der Waals surface area contributed by atoms with Crippen LogP contribution in [-0.2, 0) is 38.0 Å². The van der Waals surface area contributed by atoms with E-state index in [1.54, 1.807) is 30.3 Å². The molecule has 1 atom stereocenters. The van der Waals surface area contributed by atoms with E-state index < -0.39 is 34.3 Å². The summed E-state index contributed by atoms with van der Waals surface area (Å²) in [6.07, 6.45) is 2.85. The van der Waals surface area contributed by atoms with Gasteiger partial charge >= 0.3 is 0 Å². The molecule has 3 aromatic carbocycles. The second-order valence-corrected chi connectivity index (χ2v) is 13.4. The van der Waals surface area contributed by atoms with E-state index in [0.717, 1.165) is 34.5 Å². The van der Waals surface area contributed by atoms with Gasteiger partial charge in [0.2, 0.25) is 21.8 Å². The van der Waals surface area contributed by atoms with Crippen LogP contribution in [0.5, 0.6) is 0 Å². The standard InChI is InChI=1S/C33H42FN3O4S/c1-6-7-21-35-32(39)30(22-25-13-9-8-10-14-25)36(23-26-15-11-12-16-29(26)34)31(38)24-37(42(5,40)41)28-19-17-27(18-20-28)33(2,3)4/h8-20,30H,6-7,21-24H2,1-5H3,(H,35,39)/t30-/m1/s1. The van der Waals surface area contributed by atoms with Crippen molar-refractivity contribution in [3.63, 3.8) is 0 Å². The van der Waals surface area contributed by atoms with Gasteiger partial charge in [-0.25, -0.2) is 12.8 Å². The van der Waals surface area contributed by atoms with Crippen LogP contribution in [0.25, 0.3) is 0 Å². The maximum atomic E-state index is 14.9. The van der Waals surface area contributed by atoms with Gasteiger partial charge in [0, 0.05) is 25.1 Å². The average molecular weight is 596 g/mol. The van der Waals surface area contributed by atoms with E-state index in [1.165, 1.54) is 11.0 Å². The molecule has 7 nitrogen and oxygen atoms in total. The fraction of sp³-hybridized carbons (Fsp3) is 0.394. The molecular weight excluding hydrogens is 553 g/mol. The number of carbonyl (C=O) groups excluding carboxylic acids is 2. The Kier molecular flexibility index (Phi) is 11.3. The highest BCUT2D eigenvalue weighted by atomic mass is 32.2. The van der Waals surface area contributed by atoms with E-state index in [9.17, 15) is 22.4 Å². The van der Waals surface area contributed by atoms with Crippen molar-refractivity contribution in [1.82, 2.24) is 10.2 Å². The van der Waals surface area contributed by atoms with Crippen molar-refractivity contribution in [2.75, 3.05) is 23.7 Å². The molecular formula is C33H42FN3O4S. The molecule has 3 aromatic rings. The second kappa shape index (κ2) is 14.4. The number of benzene rings is 3. The molecule has 0 unspecified atom stereocenters. The zero-order valence-corrected chi connectivity index (χ0v) is 26.0. The smallest absolute Gasteiger partial charge is 0.244 e. The first kappa shape index (κ1) is 32.8. The molecule has 42 heavy (non-hydrogen) atoms. The maximum Gasteiger partial charge on any atom is 0.244 e. The van der Waals surface area contributed by atoms with Crippen LogP contribution in [-0.4, -0.2) is 50.5 Å². The zero-order valence-electron chi connectivity index (χ0n) is 25.1. The van der Waals surface area contributed by atoms with E-state index in [4.69, 9.17) is 0 Å². The number of sulfonamides is 1. The molecule has 0 heterocycles. The zero-order chi connectivity index (χ0) is 30.9. The second-order valence-electron chi connectivity index (χ2n) is 11.5. The summed E-state index contributed by atoms with van der Waals surface area (Å²) in [7, 11) is -3.89. The molecule has 0 radical (unpaired) electrons. The topological polar surface area (TPSA) is 86.8 Å². The summed E-state index contributed by atoms with van der Waals surface area (Å²) in [4.78, 5) is 29.0. The van der Waals surface area contributed by atoms with Crippen molar-refractivity contribution in [2.24, 2.45) is 0 Å². The highest BCUT2D eigenvalue weighted by Crippen LogP contribution is 2.26. The Hall–Kier alpha value is -3.72. The number of unbranched alkanes of at least 4 members (excludes halogenated alkanes) is 1. The van der Waals surface area contributed by atoms with Gasteiger partial charge in [0.1, 0.15) is 18.4 Å². The Balaban J connectivity index is 2.04. The van der Waals surface area contributed by atoms with Crippen LogP contribution >= 0.6 is 0 Å². The van der Waals surface area contributed by atoms with Crippen LogP contribution in [0, 0.1) is 5.82 Å². The lowest BCUT2D eigenvalue weighted by atomic mass is 9.87. The molecule has 1 N–H and O–H groups in total. The summed E-state index contributed by atoms with van der Waals surface area (Å²) in [6, 6.07) is 21.4. The number of nitrogens with zero attached hydrogens (tertiary/aromatic N) is 2. The number of amides is 2. The van der Waals surface area contributed by atoms with Crippen LogP contribution in [0.2, 0.25) is 0 Å². The number of carbonyl (C=O) groups is 2. The summed E-state index contributed by atoms with van der Waals surface area (Å²) in [5, 5.41) is 2.92. The monoisotopic (exact) mass is 595 g/mol.